The standard InChI is InChI=1S/C12H18N2O2.C4H4O4/c1-4-15-12-9(2)13-11(16-12)10-6-5-7-14(3)8-10;5-3(6)1-2-4(7)8/h6H,4-5,7-8H2,1-3H3;1-2H,(H,5,6)(H,7,8). The lowest BCUT2D eigenvalue weighted by Gasteiger charge is -2.20. The summed E-state index contributed by atoms with van der Waals surface area (Å²) >= 11 is 0. The number of aromatic nitrogens is 1. The molecule has 0 saturated carbocycles. The Labute approximate surface area is 140 Å². The highest BCUT2D eigenvalue weighted by molar-refractivity contribution is 5.89. The third-order valence-electron chi connectivity index (χ3n) is 3.01. The van der Waals surface area contributed by atoms with Crippen LogP contribution in [0.5, 0.6) is 5.95 Å². The second-order valence-corrected chi connectivity index (χ2v) is 5.09. The Morgan fingerprint density at radius 3 is 2.50 bits per heavy atom. The number of carbonyl (C=O) groups is 2. The van der Waals surface area contributed by atoms with E-state index in [0.717, 1.165) is 30.8 Å². The van der Waals surface area contributed by atoms with E-state index in [-0.39, 0.29) is 0 Å². The molecule has 0 fully saturated rings. The number of carboxylic acid groups (broad SMARTS) is 2. The second-order valence-electron chi connectivity index (χ2n) is 5.09. The summed E-state index contributed by atoms with van der Waals surface area (Å²) in [6.45, 7) is 6.45. The van der Waals surface area contributed by atoms with Gasteiger partial charge < -0.3 is 24.3 Å². The first-order chi connectivity index (χ1) is 11.3. The molecule has 8 heteroatoms. The average Bonchev–Trinajstić information content (AvgIpc) is 2.88. The molecule has 8 nitrogen and oxygen atoms in total. The normalized spacial score (nSPS) is 14.7. The molecule has 0 amide bonds. The van der Waals surface area contributed by atoms with Crippen molar-refractivity contribution in [2.24, 2.45) is 0 Å². The Morgan fingerprint density at radius 1 is 1.38 bits per heavy atom. The van der Waals surface area contributed by atoms with Crippen LogP contribution in [0.25, 0.3) is 5.57 Å². The lowest BCUT2D eigenvalue weighted by atomic mass is 10.1. The summed E-state index contributed by atoms with van der Waals surface area (Å²) in [6, 6.07) is 0. The molecule has 1 aromatic rings. The molecule has 0 bridgehead atoms. The molecule has 1 aliphatic rings. The first-order valence-electron chi connectivity index (χ1n) is 7.45. The second kappa shape index (κ2) is 9.51. The predicted octanol–water partition coefficient (Wildman–Crippen LogP) is 1.81. The highest BCUT2D eigenvalue weighted by atomic mass is 16.6. The fourth-order valence-corrected chi connectivity index (χ4v) is 1.98. The maximum Gasteiger partial charge on any atom is 0.328 e. The summed E-state index contributed by atoms with van der Waals surface area (Å²) in [5, 5.41) is 15.6. The van der Waals surface area contributed by atoms with Crippen molar-refractivity contribution in [3.05, 3.63) is 29.8 Å². The number of nitrogens with zero attached hydrogens (tertiary/aromatic N) is 2. The molecule has 0 unspecified atom stereocenters. The first-order valence-corrected chi connectivity index (χ1v) is 7.45. The number of hydrogen-bond acceptors (Lipinski definition) is 6. The van der Waals surface area contributed by atoms with Crippen LogP contribution in [-0.4, -0.2) is 58.8 Å². The van der Waals surface area contributed by atoms with Crippen molar-refractivity contribution in [2.75, 3.05) is 26.7 Å². The number of aryl methyl sites for hydroxylation is 1. The van der Waals surface area contributed by atoms with Gasteiger partial charge in [-0.2, -0.15) is 0 Å². The van der Waals surface area contributed by atoms with Crippen molar-refractivity contribution in [1.82, 2.24) is 9.88 Å². The lowest BCUT2D eigenvalue weighted by molar-refractivity contribution is -0.134. The third kappa shape index (κ3) is 6.66. The van der Waals surface area contributed by atoms with Gasteiger partial charge in [-0.15, -0.1) is 0 Å². The Hall–Kier alpha value is -2.61. The minimum absolute atomic E-state index is 0.548. The maximum absolute atomic E-state index is 9.55. The number of carboxylic acids is 2. The first kappa shape index (κ1) is 19.4. The smallest absolute Gasteiger partial charge is 0.328 e. The molecular weight excluding hydrogens is 316 g/mol. The lowest BCUT2D eigenvalue weighted by Crippen LogP contribution is -2.25. The zero-order chi connectivity index (χ0) is 18.1. The summed E-state index contributed by atoms with van der Waals surface area (Å²) in [5.74, 6) is -1.26. The van der Waals surface area contributed by atoms with E-state index in [1.165, 1.54) is 0 Å². The van der Waals surface area contributed by atoms with Crippen LogP contribution in [0.3, 0.4) is 0 Å². The van der Waals surface area contributed by atoms with Gasteiger partial charge in [0.05, 0.1) is 6.61 Å². The fourth-order valence-electron chi connectivity index (χ4n) is 1.98. The van der Waals surface area contributed by atoms with Gasteiger partial charge in [0.1, 0.15) is 5.69 Å². The van der Waals surface area contributed by atoms with E-state index >= 15 is 0 Å². The van der Waals surface area contributed by atoms with Crippen LogP contribution in [0.4, 0.5) is 0 Å². The van der Waals surface area contributed by atoms with Crippen molar-refractivity contribution in [1.29, 1.82) is 0 Å². The Kier molecular flexibility index (Phi) is 7.70. The van der Waals surface area contributed by atoms with Gasteiger partial charge in [0.15, 0.2) is 0 Å². The van der Waals surface area contributed by atoms with Gasteiger partial charge in [-0.25, -0.2) is 14.6 Å². The number of likely N-dealkylation sites (N-methyl/N-ethyl adjacent to an activating group) is 1. The van der Waals surface area contributed by atoms with Gasteiger partial charge in [0, 0.05) is 30.8 Å². The SMILES string of the molecule is CCOc1oc(C2=CCCN(C)C2)nc1C.O=C(O)C=CC(=O)O. The Morgan fingerprint density at radius 2 is 2.00 bits per heavy atom. The van der Waals surface area contributed by atoms with Gasteiger partial charge >= 0.3 is 17.9 Å². The molecule has 2 N–H and O–H groups in total. The molecule has 0 spiro atoms. The van der Waals surface area contributed by atoms with E-state index in [9.17, 15) is 9.59 Å². The summed E-state index contributed by atoms with van der Waals surface area (Å²) in [7, 11) is 2.10. The molecule has 1 aromatic heterocycles. The molecule has 0 aromatic carbocycles. The third-order valence-corrected chi connectivity index (χ3v) is 3.01. The van der Waals surface area contributed by atoms with Gasteiger partial charge in [-0.1, -0.05) is 6.08 Å². The van der Waals surface area contributed by atoms with Crippen molar-refractivity contribution in [3.8, 4) is 5.95 Å². The topological polar surface area (TPSA) is 113 Å². The highest BCUT2D eigenvalue weighted by Gasteiger charge is 2.17. The van der Waals surface area contributed by atoms with Crippen LogP contribution in [-0.2, 0) is 9.59 Å². The number of hydrogen-bond donors (Lipinski definition) is 2. The van der Waals surface area contributed by atoms with Gasteiger partial charge in [-0.05, 0) is 27.3 Å². The monoisotopic (exact) mass is 338 g/mol. The zero-order valence-electron chi connectivity index (χ0n) is 14.0. The maximum atomic E-state index is 9.55. The van der Waals surface area contributed by atoms with Crippen molar-refractivity contribution in [3.63, 3.8) is 0 Å². The minimum Gasteiger partial charge on any atom is -0.478 e. The largest absolute Gasteiger partial charge is 0.478 e. The van der Waals surface area contributed by atoms with Crippen LogP contribution < -0.4 is 4.74 Å². The van der Waals surface area contributed by atoms with Crippen LogP contribution in [0, 0.1) is 6.92 Å². The molecule has 1 aliphatic heterocycles. The van der Waals surface area contributed by atoms with E-state index in [4.69, 9.17) is 19.4 Å². The van der Waals surface area contributed by atoms with Crippen LogP contribution in [0.15, 0.2) is 22.6 Å². The average molecular weight is 338 g/mol. The molecular formula is C16H22N2O6. The van der Waals surface area contributed by atoms with Crippen molar-refractivity contribution in [2.45, 2.75) is 20.3 Å². The minimum atomic E-state index is -1.26. The number of ether oxygens (including phenoxy) is 1. The zero-order valence-corrected chi connectivity index (χ0v) is 14.0. The van der Waals surface area contributed by atoms with Crippen molar-refractivity contribution >= 4 is 17.5 Å². The summed E-state index contributed by atoms with van der Waals surface area (Å²) in [5.41, 5.74) is 1.98. The molecule has 2 rings (SSSR count). The van der Waals surface area contributed by atoms with E-state index in [0.29, 0.717) is 30.6 Å². The predicted molar refractivity (Wildman–Crippen MR) is 86.9 cm³/mol. The van der Waals surface area contributed by atoms with E-state index in [1.54, 1.807) is 0 Å². The Bertz CT molecular complexity index is 617. The quantitative estimate of drug-likeness (QED) is 0.782. The number of aliphatic carboxylic acids is 2. The molecule has 24 heavy (non-hydrogen) atoms. The Balaban J connectivity index is 0.000000307. The van der Waals surface area contributed by atoms with Crippen LogP contribution >= 0.6 is 0 Å². The molecule has 0 aliphatic carbocycles. The molecule has 0 saturated heterocycles. The molecule has 0 radical (unpaired) electrons. The fraction of sp³-hybridized carbons (Fsp3) is 0.438. The van der Waals surface area contributed by atoms with Gasteiger partial charge in [-0.3, -0.25) is 0 Å². The summed E-state index contributed by atoms with van der Waals surface area (Å²) in [6.07, 6.45) is 4.36. The molecule has 2 heterocycles. The number of rotatable bonds is 5. The van der Waals surface area contributed by atoms with Crippen molar-refractivity contribution < 1.29 is 29.0 Å². The van der Waals surface area contributed by atoms with E-state index in [1.807, 2.05) is 13.8 Å². The number of oxazole rings is 1. The molecule has 0 atom stereocenters. The summed E-state index contributed by atoms with van der Waals surface area (Å²) < 4.78 is 11.0. The summed E-state index contributed by atoms with van der Waals surface area (Å²) in [4.78, 5) is 25.8. The van der Waals surface area contributed by atoms with E-state index < -0.39 is 11.9 Å². The van der Waals surface area contributed by atoms with Gasteiger partial charge in [0.2, 0.25) is 5.89 Å². The van der Waals surface area contributed by atoms with Crippen LogP contribution in [0.2, 0.25) is 0 Å². The van der Waals surface area contributed by atoms with Crippen LogP contribution in [0.1, 0.15) is 24.9 Å². The van der Waals surface area contributed by atoms with Gasteiger partial charge in [0.25, 0.3) is 0 Å². The molecule has 132 valence electrons. The van der Waals surface area contributed by atoms with E-state index in [2.05, 4.69) is 23.0 Å². The highest BCUT2D eigenvalue weighted by Crippen LogP contribution is 2.26.